The first kappa shape index (κ1) is 15.9. The fourth-order valence-corrected chi connectivity index (χ4v) is 1.99. The van der Waals surface area contributed by atoms with Gasteiger partial charge in [-0.1, -0.05) is 12.1 Å². The number of halogens is 1. The Labute approximate surface area is 127 Å². The molecule has 0 aliphatic carbocycles. The number of aromatic nitrogens is 1. The van der Waals surface area contributed by atoms with Crippen molar-refractivity contribution in [2.45, 2.75) is 13.0 Å². The topological polar surface area (TPSA) is 68.7 Å². The summed E-state index contributed by atoms with van der Waals surface area (Å²) in [5.74, 6) is -1.59. The molecule has 1 heterocycles. The molecule has 116 valence electrons. The lowest BCUT2D eigenvalue weighted by Crippen LogP contribution is -2.17. The number of hydrogen-bond donors (Lipinski definition) is 1. The van der Waals surface area contributed by atoms with E-state index in [2.05, 4.69) is 4.98 Å². The predicted octanol–water partition coefficient (Wildman–Crippen LogP) is 3.00. The molecule has 22 heavy (non-hydrogen) atoms. The Bertz CT molecular complexity index is 675. The Morgan fingerprint density at radius 3 is 2.86 bits per heavy atom. The van der Waals surface area contributed by atoms with Gasteiger partial charge in [-0.15, -0.1) is 0 Å². The Morgan fingerprint density at radius 2 is 2.18 bits per heavy atom. The minimum absolute atomic E-state index is 0.129. The summed E-state index contributed by atoms with van der Waals surface area (Å²) < 4.78 is 24.1. The molecule has 0 bridgehead atoms. The van der Waals surface area contributed by atoms with Gasteiger partial charge >= 0.3 is 5.97 Å². The number of pyridine rings is 1. The van der Waals surface area contributed by atoms with E-state index in [9.17, 15) is 9.18 Å². The van der Waals surface area contributed by atoms with E-state index in [1.165, 1.54) is 6.07 Å². The van der Waals surface area contributed by atoms with Gasteiger partial charge in [0, 0.05) is 12.7 Å². The van der Waals surface area contributed by atoms with Crippen LogP contribution in [0.5, 0.6) is 5.75 Å². The molecule has 0 aliphatic heterocycles. The summed E-state index contributed by atoms with van der Waals surface area (Å²) >= 11 is 0. The van der Waals surface area contributed by atoms with Crippen LogP contribution in [0.1, 0.15) is 17.3 Å². The SMILES string of the molecule is COCC(C)Oc1cccc(-c2cc(C(=O)O)c(F)cn2)c1. The highest BCUT2D eigenvalue weighted by molar-refractivity contribution is 5.89. The Kier molecular flexibility index (Phi) is 5.06. The molecule has 1 atom stereocenters. The molecule has 5 nitrogen and oxygen atoms in total. The van der Waals surface area contributed by atoms with E-state index in [0.717, 1.165) is 6.20 Å². The van der Waals surface area contributed by atoms with Gasteiger partial charge < -0.3 is 14.6 Å². The van der Waals surface area contributed by atoms with E-state index in [4.69, 9.17) is 14.6 Å². The van der Waals surface area contributed by atoms with Gasteiger partial charge in [0.2, 0.25) is 0 Å². The van der Waals surface area contributed by atoms with E-state index in [1.54, 1.807) is 31.4 Å². The lowest BCUT2D eigenvalue weighted by molar-refractivity contribution is 0.0691. The standard InChI is InChI=1S/C16H16FNO4/c1-10(9-21-2)22-12-5-3-4-11(6-12)15-7-13(16(19)20)14(17)8-18-15/h3-8,10H,9H2,1-2H3,(H,19,20). The van der Waals surface area contributed by atoms with Crippen LogP contribution < -0.4 is 4.74 Å². The van der Waals surface area contributed by atoms with Gasteiger partial charge in [0.05, 0.1) is 24.1 Å². The first-order valence-electron chi connectivity index (χ1n) is 6.66. The van der Waals surface area contributed by atoms with Gasteiger partial charge in [0.25, 0.3) is 0 Å². The second-order valence-corrected chi connectivity index (χ2v) is 4.77. The largest absolute Gasteiger partial charge is 0.488 e. The molecule has 0 radical (unpaired) electrons. The number of ether oxygens (including phenoxy) is 2. The van der Waals surface area contributed by atoms with Crippen molar-refractivity contribution >= 4 is 5.97 Å². The molecule has 0 saturated heterocycles. The van der Waals surface area contributed by atoms with Crippen LogP contribution in [0.15, 0.2) is 36.5 Å². The van der Waals surface area contributed by atoms with Crippen LogP contribution in [0.2, 0.25) is 0 Å². The molecule has 1 unspecified atom stereocenters. The van der Waals surface area contributed by atoms with Gasteiger partial charge in [-0.3, -0.25) is 4.98 Å². The molecule has 1 N–H and O–H groups in total. The zero-order chi connectivity index (χ0) is 16.1. The quantitative estimate of drug-likeness (QED) is 0.888. The minimum Gasteiger partial charge on any atom is -0.488 e. The van der Waals surface area contributed by atoms with Crippen LogP contribution in [0.4, 0.5) is 4.39 Å². The summed E-state index contributed by atoms with van der Waals surface area (Å²) in [6.07, 6.45) is 0.774. The Hall–Kier alpha value is -2.47. The van der Waals surface area contributed by atoms with Gasteiger partial charge in [-0.25, -0.2) is 9.18 Å². The fraction of sp³-hybridized carbons (Fsp3) is 0.250. The highest BCUT2D eigenvalue weighted by Crippen LogP contribution is 2.24. The molecule has 1 aromatic carbocycles. The van der Waals surface area contributed by atoms with Crippen LogP contribution in [0, 0.1) is 5.82 Å². The number of benzene rings is 1. The summed E-state index contributed by atoms with van der Waals surface area (Å²) in [5.41, 5.74) is 0.595. The Balaban J connectivity index is 2.29. The van der Waals surface area contributed by atoms with Gasteiger partial charge in [0.1, 0.15) is 11.9 Å². The predicted molar refractivity (Wildman–Crippen MR) is 78.6 cm³/mol. The summed E-state index contributed by atoms with van der Waals surface area (Å²) in [6.45, 7) is 2.32. The molecule has 2 aromatic rings. The Morgan fingerprint density at radius 1 is 1.41 bits per heavy atom. The highest BCUT2D eigenvalue weighted by Gasteiger charge is 2.13. The van der Waals surface area contributed by atoms with Gasteiger partial charge in [0.15, 0.2) is 5.82 Å². The molecule has 6 heteroatoms. The van der Waals surface area contributed by atoms with E-state index in [1.807, 2.05) is 6.92 Å². The number of carboxylic acid groups (broad SMARTS) is 1. The number of nitrogens with zero attached hydrogens (tertiary/aromatic N) is 1. The molecular weight excluding hydrogens is 289 g/mol. The summed E-state index contributed by atoms with van der Waals surface area (Å²) in [6, 6.07) is 8.21. The van der Waals surface area contributed by atoms with E-state index >= 15 is 0 Å². The molecule has 1 aromatic heterocycles. The normalized spacial score (nSPS) is 12.0. The van der Waals surface area contributed by atoms with Crippen molar-refractivity contribution < 1.29 is 23.8 Å². The van der Waals surface area contributed by atoms with Crippen molar-refractivity contribution in [3.05, 3.63) is 47.9 Å². The van der Waals surface area contributed by atoms with Crippen LogP contribution >= 0.6 is 0 Å². The zero-order valence-electron chi connectivity index (χ0n) is 12.2. The van der Waals surface area contributed by atoms with E-state index < -0.39 is 17.3 Å². The number of carbonyl (C=O) groups is 1. The minimum atomic E-state index is -1.33. The zero-order valence-corrected chi connectivity index (χ0v) is 12.2. The number of aromatic carboxylic acids is 1. The number of rotatable bonds is 6. The van der Waals surface area contributed by atoms with Crippen molar-refractivity contribution in [3.63, 3.8) is 0 Å². The highest BCUT2D eigenvalue weighted by atomic mass is 19.1. The smallest absolute Gasteiger partial charge is 0.338 e. The van der Waals surface area contributed by atoms with Crippen molar-refractivity contribution in [1.82, 2.24) is 4.98 Å². The molecule has 0 spiro atoms. The average Bonchev–Trinajstić information content (AvgIpc) is 2.48. The third kappa shape index (κ3) is 3.79. The summed E-state index contributed by atoms with van der Waals surface area (Å²) in [5, 5.41) is 8.96. The van der Waals surface area contributed by atoms with Crippen molar-refractivity contribution in [2.75, 3.05) is 13.7 Å². The van der Waals surface area contributed by atoms with Crippen molar-refractivity contribution in [3.8, 4) is 17.0 Å². The number of hydrogen-bond acceptors (Lipinski definition) is 4. The second kappa shape index (κ2) is 7.00. The number of carboxylic acids is 1. The third-order valence-electron chi connectivity index (χ3n) is 2.95. The molecule has 0 amide bonds. The summed E-state index contributed by atoms with van der Waals surface area (Å²) in [7, 11) is 1.59. The number of methoxy groups -OCH3 is 1. The molecular formula is C16H16FNO4. The van der Waals surface area contributed by atoms with Gasteiger partial charge in [-0.05, 0) is 25.1 Å². The fourth-order valence-electron chi connectivity index (χ4n) is 1.99. The lowest BCUT2D eigenvalue weighted by atomic mass is 10.1. The lowest BCUT2D eigenvalue weighted by Gasteiger charge is -2.14. The van der Waals surface area contributed by atoms with E-state index in [-0.39, 0.29) is 6.10 Å². The molecule has 0 saturated carbocycles. The summed E-state index contributed by atoms with van der Waals surface area (Å²) in [4.78, 5) is 14.9. The molecule has 2 rings (SSSR count). The van der Waals surface area contributed by atoms with Gasteiger partial charge in [-0.2, -0.15) is 0 Å². The molecule has 0 aliphatic rings. The average molecular weight is 305 g/mol. The van der Waals surface area contributed by atoms with Crippen LogP contribution in [0.25, 0.3) is 11.3 Å². The first-order chi connectivity index (χ1) is 10.5. The van der Waals surface area contributed by atoms with Crippen molar-refractivity contribution in [2.24, 2.45) is 0 Å². The second-order valence-electron chi connectivity index (χ2n) is 4.77. The maximum absolute atomic E-state index is 13.4. The van der Waals surface area contributed by atoms with Crippen LogP contribution in [-0.4, -0.2) is 35.9 Å². The monoisotopic (exact) mass is 305 g/mol. The maximum atomic E-state index is 13.4. The van der Waals surface area contributed by atoms with Crippen LogP contribution in [0.3, 0.4) is 0 Å². The van der Waals surface area contributed by atoms with Crippen molar-refractivity contribution in [1.29, 1.82) is 0 Å². The first-order valence-corrected chi connectivity index (χ1v) is 6.66. The third-order valence-corrected chi connectivity index (χ3v) is 2.95. The maximum Gasteiger partial charge on any atom is 0.338 e. The van der Waals surface area contributed by atoms with E-state index in [0.29, 0.717) is 23.6 Å². The molecule has 0 fully saturated rings. The van der Waals surface area contributed by atoms with Crippen LogP contribution in [-0.2, 0) is 4.74 Å².